The van der Waals surface area contributed by atoms with E-state index in [9.17, 15) is 0 Å². The molecule has 0 amide bonds. The number of rotatable bonds is 11. The van der Waals surface area contributed by atoms with Crippen LogP contribution in [0, 0.1) is 5.92 Å². The first-order valence-electron chi connectivity index (χ1n) is 12.8. The van der Waals surface area contributed by atoms with Crippen LogP contribution in [0.3, 0.4) is 0 Å². The number of unbranched alkanes of at least 4 members (excludes halogenated alkanes) is 1. The van der Waals surface area contributed by atoms with Gasteiger partial charge in [0.25, 0.3) is 0 Å². The van der Waals surface area contributed by atoms with Gasteiger partial charge in [0.15, 0.2) is 0 Å². The summed E-state index contributed by atoms with van der Waals surface area (Å²) in [7, 11) is 0. The lowest BCUT2D eigenvalue weighted by molar-refractivity contribution is 0.405. The van der Waals surface area contributed by atoms with Crippen molar-refractivity contribution in [3.05, 3.63) is 108 Å². The zero-order valence-electron chi connectivity index (χ0n) is 21.2. The van der Waals surface area contributed by atoms with Crippen LogP contribution in [0.2, 0.25) is 0 Å². The maximum atomic E-state index is 6.05. The van der Waals surface area contributed by atoms with Gasteiger partial charge in [-0.15, -0.1) is 0 Å². The molecule has 0 aliphatic heterocycles. The first-order chi connectivity index (χ1) is 17.6. The van der Waals surface area contributed by atoms with Crippen LogP contribution in [0.1, 0.15) is 56.6 Å². The maximum Gasteiger partial charge on any atom is 0.150 e. The Morgan fingerprint density at radius 1 is 0.611 bits per heavy atom. The average Bonchev–Trinajstić information content (AvgIpc) is 2.90. The average molecular weight is 481 g/mol. The van der Waals surface area contributed by atoms with Crippen LogP contribution in [0.5, 0.6) is 23.0 Å². The Morgan fingerprint density at radius 3 is 1.44 bits per heavy atom. The van der Waals surface area contributed by atoms with Gasteiger partial charge >= 0.3 is 0 Å². The van der Waals surface area contributed by atoms with Crippen molar-refractivity contribution < 1.29 is 9.47 Å². The number of anilines is 2. The molecule has 4 nitrogen and oxygen atoms in total. The van der Waals surface area contributed by atoms with Crippen molar-refractivity contribution in [2.75, 3.05) is 11.5 Å². The molecule has 1 unspecified atom stereocenters. The van der Waals surface area contributed by atoms with E-state index in [1.165, 1.54) is 30.4 Å². The summed E-state index contributed by atoms with van der Waals surface area (Å²) in [6.07, 6.45) is 4.72. The molecule has 0 bridgehead atoms. The topological polar surface area (TPSA) is 70.5 Å². The molecule has 0 aromatic heterocycles. The van der Waals surface area contributed by atoms with Gasteiger partial charge in [0.2, 0.25) is 0 Å². The number of nitrogen functional groups attached to an aromatic ring is 2. The lowest BCUT2D eigenvalue weighted by Crippen LogP contribution is -2.14. The lowest BCUT2D eigenvalue weighted by Gasteiger charge is -2.28. The first kappa shape index (κ1) is 25.2. The molecular weight excluding hydrogens is 444 g/mol. The zero-order chi connectivity index (χ0) is 25.3. The molecule has 0 saturated heterocycles. The Morgan fingerprint density at radius 2 is 1.06 bits per heavy atom. The molecule has 4 rings (SSSR count). The Balaban J connectivity index is 1.59. The number of nitrogens with two attached hydrogens (primary N) is 2. The third-order valence-electron chi connectivity index (χ3n) is 6.70. The third-order valence-corrected chi connectivity index (χ3v) is 6.70. The van der Waals surface area contributed by atoms with Crippen LogP contribution in [-0.2, 0) is 0 Å². The van der Waals surface area contributed by atoms with Gasteiger partial charge < -0.3 is 20.9 Å². The molecule has 0 aliphatic rings. The van der Waals surface area contributed by atoms with E-state index in [0.29, 0.717) is 28.8 Å². The van der Waals surface area contributed by atoms with Gasteiger partial charge in [0.1, 0.15) is 23.0 Å². The van der Waals surface area contributed by atoms with Gasteiger partial charge in [-0.25, -0.2) is 0 Å². The van der Waals surface area contributed by atoms with E-state index in [0.717, 1.165) is 17.9 Å². The van der Waals surface area contributed by atoms with E-state index in [1.807, 2.05) is 72.8 Å². The predicted octanol–water partition coefficient (Wildman–Crippen LogP) is 8.78. The normalized spacial score (nSPS) is 11.9. The van der Waals surface area contributed by atoms with E-state index in [4.69, 9.17) is 20.9 Å². The lowest BCUT2D eigenvalue weighted by atomic mass is 9.77. The fraction of sp³-hybridized carbons (Fsp3) is 0.250. The predicted molar refractivity (Wildman–Crippen MR) is 150 cm³/mol. The van der Waals surface area contributed by atoms with Gasteiger partial charge in [-0.1, -0.05) is 81.6 Å². The van der Waals surface area contributed by atoms with Crippen molar-refractivity contribution in [2.24, 2.45) is 5.92 Å². The van der Waals surface area contributed by atoms with Gasteiger partial charge in [-0.3, -0.25) is 0 Å². The number of hydrogen-bond donors (Lipinski definition) is 2. The molecule has 0 radical (unpaired) electrons. The molecule has 1 atom stereocenters. The maximum absolute atomic E-state index is 6.05. The first-order valence-corrected chi connectivity index (χ1v) is 12.8. The molecule has 4 aromatic carbocycles. The molecule has 0 aliphatic carbocycles. The summed E-state index contributed by atoms with van der Waals surface area (Å²) in [6, 6.07) is 32.0. The molecule has 0 spiro atoms. The molecule has 0 fully saturated rings. The molecule has 36 heavy (non-hydrogen) atoms. The number of para-hydroxylation sites is 4. The van der Waals surface area contributed by atoms with Crippen LogP contribution in [0.15, 0.2) is 97.1 Å². The monoisotopic (exact) mass is 480 g/mol. The molecule has 0 saturated carbocycles. The van der Waals surface area contributed by atoms with E-state index in [2.05, 4.69) is 38.1 Å². The van der Waals surface area contributed by atoms with Crippen LogP contribution < -0.4 is 20.9 Å². The van der Waals surface area contributed by atoms with E-state index in [-0.39, 0.29) is 5.92 Å². The van der Waals surface area contributed by atoms with Crippen molar-refractivity contribution in [3.8, 4) is 23.0 Å². The molecule has 4 N–H and O–H groups in total. The largest absolute Gasteiger partial charge is 0.455 e. The van der Waals surface area contributed by atoms with Gasteiger partial charge in [0.05, 0.1) is 11.4 Å². The molecule has 0 heterocycles. The highest BCUT2D eigenvalue weighted by atomic mass is 16.5. The number of hydrogen-bond acceptors (Lipinski definition) is 4. The van der Waals surface area contributed by atoms with E-state index < -0.39 is 0 Å². The minimum absolute atomic E-state index is 0.285. The smallest absolute Gasteiger partial charge is 0.150 e. The fourth-order valence-corrected chi connectivity index (χ4v) is 4.70. The molecule has 186 valence electrons. The summed E-state index contributed by atoms with van der Waals surface area (Å²) in [5.74, 6) is 3.73. The van der Waals surface area contributed by atoms with Crippen LogP contribution in [0.25, 0.3) is 0 Å². The highest BCUT2D eigenvalue weighted by Crippen LogP contribution is 2.39. The Kier molecular flexibility index (Phi) is 8.51. The quantitative estimate of drug-likeness (QED) is 0.210. The summed E-state index contributed by atoms with van der Waals surface area (Å²) in [5, 5.41) is 0. The van der Waals surface area contributed by atoms with Crippen LogP contribution in [-0.4, -0.2) is 0 Å². The molecular formula is C32H36N2O2. The van der Waals surface area contributed by atoms with Crippen LogP contribution in [0.4, 0.5) is 11.4 Å². The SMILES string of the molecule is CCCCC(CC)C(c1ccc(Oc2ccccc2N)cc1)c1ccc(Oc2ccccc2N)cc1. The second-order valence-electron chi connectivity index (χ2n) is 9.21. The van der Waals surface area contributed by atoms with Crippen molar-refractivity contribution >= 4 is 11.4 Å². The molecule has 4 heteroatoms. The standard InChI is InChI=1S/C32H36N2O2/c1-3-5-10-23(4-2)32(24-15-19-26(20-16-24)35-30-13-8-6-11-28(30)33)25-17-21-27(22-18-25)36-31-14-9-7-12-29(31)34/h6-9,11-23,32H,3-5,10,33-34H2,1-2H3. The summed E-state index contributed by atoms with van der Waals surface area (Å²) < 4.78 is 12.1. The van der Waals surface area contributed by atoms with Gasteiger partial charge in [0, 0.05) is 5.92 Å². The van der Waals surface area contributed by atoms with Gasteiger partial charge in [-0.05, 0) is 72.0 Å². The number of ether oxygens (including phenoxy) is 2. The summed E-state index contributed by atoms with van der Waals surface area (Å²) in [6.45, 7) is 4.54. The second kappa shape index (κ2) is 12.2. The molecule has 4 aromatic rings. The minimum atomic E-state index is 0.285. The van der Waals surface area contributed by atoms with Crippen molar-refractivity contribution in [1.82, 2.24) is 0 Å². The second-order valence-corrected chi connectivity index (χ2v) is 9.21. The summed E-state index contributed by atoms with van der Waals surface area (Å²) in [4.78, 5) is 0. The highest BCUT2D eigenvalue weighted by Gasteiger charge is 2.24. The van der Waals surface area contributed by atoms with Crippen molar-refractivity contribution in [2.45, 2.75) is 45.4 Å². The summed E-state index contributed by atoms with van der Waals surface area (Å²) in [5.41, 5.74) is 15.9. The minimum Gasteiger partial charge on any atom is -0.455 e. The Hall–Kier alpha value is -3.92. The zero-order valence-corrected chi connectivity index (χ0v) is 21.2. The number of benzene rings is 4. The van der Waals surface area contributed by atoms with Crippen molar-refractivity contribution in [1.29, 1.82) is 0 Å². The van der Waals surface area contributed by atoms with Crippen molar-refractivity contribution in [3.63, 3.8) is 0 Å². The highest BCUT2D eigenvalue weighted by molar-refractivity contribution is 5.54. The Labute approximate surface area is 214 Å². The Bertz CT molecular complexity index is 1140. The third kappa shape index (κ3) is 6.19. The van der Waals surface area contributed by atoms with E-state index >= 15 is 0 Å². The van der Waals surface area contributed by atoms with E-state index in [1.54, 1.807) is 0 Å². The fourth-order valence-electron chi connectivity index (χ4n) is 4.70. The van der Waals surface area contributed by atoms with Gasteiger partial charge in [-0.2, -0.15) is 0 Å². The van der Waals surface area contributed by atoms with Crippen LogP contribution >= 0.6 is 0 Å². The summed E-state index contributed by atoms with van der Waals surface area (Å²) >= 11 is 0.